The van der Waals surface area contributed by atoms with Crippen molar-refractivity contribution in [1.29, 1.82) is 0 Å². The molecule has 2 aromatic carbocycles. The van der Waals surface area contributed by atoms with Crippen molar-refractivity contribution in [3.8, 4) is 17.4 Å². The standard InChI is InChI=1S/C29H23N7O3/c1-18(20-10-5-3-6-11-20)34-38-16-23-31-27-26-25(22-14-9-15-37-22)24-19(2)32-36(21-12-7-4-8-13-21)29(24)39-28(26)30-17-35(27)33-23/h3-15,17,25H,16H2,1-2H3. The van der Waals surface area contributed by atoms with Crippen LogP contribution in [-0.4, -0.2) is 35.1 Å². The van der Waals surface area contributed by atoms with Crippen molar-refractivity contribution in [3.63, 3.8) is 0 Å². The number of ether oxygens (including phenoxy) is 1. The van der Waals surface area contributed by atoms with E-state index in [9.17, 15) is 0 Å². The molecule has 0 spiro atoms. The molecule has 1 unspecified atom stereocenters. The first-order chi connectivity index (χ1) is 19.2. The van der Waals surface area contributed by atoms with Gasteiger partial charge < -0.3 is 14.0 Å². The highest BCUT2D eigenvalue weighted by Crippen LogP contribution is 2.49. The quantitative estimate of drug-likeness (QED) is 0.214. The van der Waals surface area contributed by atoms with E-state index >= 15 is 0 Å². The summed E-state index contributed by atoms with van der Waals surface area (Å²) in [5.41, 5.74) is 5.69. The van der Waals surface area contributed by atoms with Gasteiger partial charge in [0.25, 0.3) is 0 Å². The van der Waals surface area contributed by atoms with Crippen molar-refractivity contribution in [1.82, 2.24) is 29.4 Å². The van der Waals surface area contributed by atoms with Crippen LogP contribution in [0, 0.1) is 6.92 Å². The molecule has 192 valence electrons. The van der Waals surface area contributed by atoms with Gasteiger partial charge in [-0.3, -0.25) is 0 Å². The topological polar surface area (TPSA) is 105 Å². The van der Waals surface area contributed by atoms with Gasteiger partial charge in [0.1, 0.15) is 12.1 Å². The number of nitrogens with zero attached hydrogens (tertiary/aromatic N) is 7. The Hall–Kier alpha value is -5.25. The van der Waals surface area contributed by atoms with Crippen LogP contribution in [0.4, 0.5) is 0 Å². The lowest BCUT2D eigenvalue weighted by Crippen LogP contribution is -2.15. The Morgan fingerprint density at radius 1 is 0.974 bits per heavy atom. The Morgan fingerprint density at radius 3 is 2.54 bits per heavy atom. The molecule has 0 saturated carbocycles. The summed E-state index contributed by atoms with van der Waals surface area (Å²) >= 11 is 0. The van der Waals surface area contributed by atoms with Crippen LogP contribution in [0.25, 0.3) is 11.3 Å². The average molecular weight is 518 g/mol. The molecule has 6 aromatic rings. The SMILES string of the molecule is CC(=NOCc1nc2c3c(ncn2n1)Oc1c(c(C)nn1-c1ccccc1)C3c1ccco1)c1ccccc1. The maximum Gasteiger partial charge on any atom is 0.230 e. The number of rotatable bonds is 6. The Kier molecular flexibility index (Phi) is 5.43. The number of hydrogen-bond acceptors (Lipinski definition) is 8. The Morgan fingerprint density at radius 2 is 1.77 bits per heavy atom. The number of para-hydroxylation sites is 1. The van der Waals surface area contributed by atoms with Crippen molar-refractivity contribution in [2.24, 2.45) is 5.16 Å². The second kappa shape index (κ2) is 9.25. The normalized spacial score (nSPS) is 14.6. The molecule has 7 rings (SSSR count). The molecule has 0 saturated heterocycles. The highest BCUT2D eigenvalue weighted by molar-refractivity contribution is 5.98. The number of hydrogen-bond donors (Lipinski definition) is 0. The molecule has 0 N–H and O–H groups in total. The lowest BCUT2D eigenvalue weighted by Gasteiger charge is -2.24. The van der Waals surface area contributed by atoms with Crippen LogP contribution < -0.4 is 4.74 Å². The maximum absolute atomic E-state index is 6.40. The van der Waals surface area contributed by atoms with Gasteiger partial charge in [0.05, 0.1) is 40.4 Å². The third kappa shape index (κ3) is 3.93. The second-order valence-electron chi connectivity index (χ2n) is 9.18. The Balaban J connectivity index is 1.29. The van der Waals surface area contributed by atoms with Gasteiger partial charge >= 0.3 is 0 Å². The molecule has 39 heavy (non-hydrogen) atoms. The molecule has 1 atom stereocenters. The maximum atomic E-state index is 6.40. The first-order valence-corrected chi connectivity index (χ1v) is 12.5. The van der Waals surface area contributed by atoms with E-state index in [1.807, 2.05) is 86.6 Å². The number of benzene rings is 2. The Labute approximate surface area is 223 Å². The molecule has 0 fully saturated rings. The first-order valence-electron chi connectivity index (χ1n) is 12.5. The van der Waals surface area contributed by atoms with Gasteiger partial charge in [0.2, 0.25) is 11.8 Å². The van der Waals surface area contributed by atoms with Gasteiger partial charge in [-0.25, -0.2) is 19.2 Å². The van der Waals surface area contributed by atoms with Crippen molar-refractivity contribution in [2.45, 2.75) is 26.4 Å². The van der Waals surface area contributed by atoms with Crippen LogP contribution in [0.15, 0.2) is 95.0 Å². The number of aryl methyl sites for hydroxylation is 1. The molecule has 10 nitrogen and oxygen atoms in total. The smallest absolute Gasteiger partial charge is 0.230 e. The number of oxime groups is 1. The summed E-state index contributed by atoms with van der Waals surface area (Å²) in [5, 5.41) is 13.6. The minimum Gasteiger partial charge on any atom is -0.468 e. The fraction of sp³-hybridized carbons (Fsp3) is 0.138. The van der Waals surface area contributed by atoms with E-state index < -0.39 is 0 Å². The fourth-order valence-electron chi connectivity index (χ4n) is 4.89. The first kappa shape index (κ1) is 22.9. The molecule has 0 bridgehead atoms. The van der Waals surface area contributed by atoms with E-state index in [1.165, 1.54) is 0 Å². The summed E-state index contributed by atoms with van der Waals surface area (Å²) in [7, 11) is 0. The summed E-state index contributed by atoms with van der Waals surface area (Å²) < 4.78 is 15.8. The minimum atomic E-state index is -0.344. The molecule has 0 radical (unpaired) electrons. The molecule has 5 heterocycles. The monoisotopic (exact) mass is 517 g/mol. The van der Waals surface area contributed by atoms with Gasteiger partial charge in [-0.15, -0.1) is 5.10 Å². The van der Waals surface area contributed by atoms with Gasteiger partial charge in [0, 0.05) is 0 Å². The zero-order valence-electron chi connectivity index (χ0n) is 21.2. The molecular weight excluding hydrogens is 494 g/mol. The van der Waals surface area contributed by atoms with Crippen LogP contribution in [0.2, 0.25) is 0 Å². The van der Waals surface area contributed by atoms with E-state index in [0.29, 0.717) is 23.2 Å². The van der Waals surface area contributed by atoms with E-state index in [0.717, 1.165) is 39.5 Å². The fourth-order valence-corrected chi connectivity index (χ4v) is 4.89. The van der Waals surface area contributed by atoms with E-state index in [1.54, 1.807) is 21.8 Å². The largest absolute Gasteiger partial charge is 0.468 e. The summed E-state index contributed by atoms with van der Waals surface area (Å²) in [4.78, 5) is 15.0. The number of aromatic nitrogens is 6. The predicted octanol–water partition coefficient (Wildman–Crippen LogP) is 5.44. The van der Waals surface area contributed by atoms with Gasteiger partial charge in [-0.05, 0) is 43.7 Å². The summed E-state index contributed by atoms with van der Waals surface area (Å²) in [5.74, 6) is 1.87. The summed E-state index contributed by atoms with van der Waals surface area (Å²) in [6.45, 7) is 3.96. The predicted molar refractivity (Wildman–Crippen MR) is 142 cm³/mol. The Bertz CT molecular complexity index is 1810. The molecule has 10 heteroatoms. The second-order valence-corrected chi connectivity index (χ2v) is 9.18. The lowest BCUT2D eigenvalue weighted by molar-refractivity contribution is 0.125. The zero-order chi connectivity index (χ0) is 26.3. The van der Waals surface area contributed by atoms with Gasteiger partial charge in [0.15, 0.2) is 18.1 Å². The molecule has 1 aliphatic heterocycles. The van der Waals surface area contributed by atoms with Crippen LogP contribution in [0.1, 0.15) is 46.8 Å². The van der Waals surface area contributed by atoms with E-state index in [2.05, 4.69) is 15.2 Å². The highest BCUT2D eigenvalue weighted by Gasteiger charge is 2.39. The molecule has 0 amide bonds. The van der Waals surface area contributed by atoms with Crippen molar-refractivity contribution >= 4 is 11.4 Å². The average Bonchev–Trinajstić information content (AvgIpc) is 3.72. The van der Waals surface area contributed by atoms with Crippen molar-refractivity contribution < 1.29 is 14.0 Å². The third-order valence-corrected chi connectivity index (χ3v) is 6.68. The highest BCUT2D eigenvalue weighted by atomic mass is 16.6. The number of furan rings is 1. The van der Waals surface area contributed by atoms with Crippen LogP contribution >= 0.6 is 0 Å². The third-order valence-electron chi connectivity index (χ3n) is 6.68. The van der Waals surface area contributed by atoms with E-state index in [4.69, 9.17) is 24.1 Å². The van der Waals surface area contributed by atoms with Crippen LogP contribution in [0.3, 0.4) is 0 Å². The van der Waals surface area contributed by atoms with Crippen molar-refractivity contribution in [3.05, 3.63) is 119 Å². The van der Waals surface area contributed by atoms with Gasteiger partial charge in [-0.2, -0.15) is 5.10 Å². The number of fused-ring (bicyclic) bond motifs is 4. The lowest BCUT2D eigenvalue weighted by atomic mass is 9.88. The van der Waals surface area contributed by atoms with E-state index in [-0.39, 0.29) is 12.5 Å². The minimum absolute atomic E-state index is 0.100. The summed E-state index contributed by atoms with van der Waals surface area (Å²) in [6.07, 6.45) is 3.24. The molecule has 4 aromatic heterocycles. The molecular formula is C29H23N7O3. The van der Waals surface area contributed by atoms with Gasteiger partial charge in [-0.1, -0.05) is 53.7 Å². The van der Waals surface area contributed by atoms with Crippen LogP contribution in [0.5, 0.6) is 11.8 Å². The zero-order valence-corrected chi connectivity index (χ0v) is 21.2. The van der Waals surface area contributed by atoms with Crippen LogP contribution in [-0.2, 0) is 11.4 Å². The molecule has 1 aliphatic rings. The van der Waals surface area contributed by atoms with Crippen molar-refractivity contribution in [2.75, 3.05) is 0 Å². The molecule has 0 aliphatic carbocycles. The summed E-state index contributed by atoms with van der Waals surface area (Å²) in [6, 6.07) is 23.5.